The Morgan fingerprint density at radius 1 is 1.47 bits per heavy atom. The highest BCUT2D eigenvalue weighted by Crippen LogP contribution is 2.24. The van der Waals surface area contributed by atoms with Crippen molar-refractivity contribution in [3.8, 4) is 17.3 Å². The zero-order valence-electron chi connectivity index (χ0n) is 10.7. The van der Waals surface area contributed by atoms with Gasteiger partial charge in [-0.15, -0.1) is 0 Å². The van der Waals surface area contributed by atoms with Gasteiger partial charge in [0, 0.05) is 17.8 Å². The van der Waals surface area contributed by atoms with Crippen LogP contribution in [0.3, 0.4) is 0 Å². The second-order valence-electron chi connectivity index (χ2n) is 4.46. The van der Waals surface area contributed by atoms with E-state index in [1.165, 1.54) is 6.20 Å². The first kappa shape index (κ1) is 12.8. The quantitative estimate of drug-likeness (QED) is 0.914. The van der Waals surface area contributed by atoms with Gasteiger partial charge in [-0.3, -0.25) is 4.68 Å². The summed E-state index contributed by atoms with van der Waals surface area (Å²) in [5, 5.41) is 22.4. The maximum Gasteiger partial charge on any atom is 0.339 e. The smallest absolute Gasteiger partial charge is 0.339 e. The summed E-state index contributed by atoms with van der Waals surface area (Å²) in [5.41, 5.74) is 1.64. The molecule has 0 amide bonds. The molecule has 1 aromatic heterocycles. The van der Waals surface area contributed by atoms with Crippen molar-refractivity contribution in [3.05, 3.63) is 41.6 Å². The number of carbonyl (C=O) groups is 1. The zero-order valence-corrected chi connectivity index (χ0v) is 10.7. The van der Waals surface area contributed by atoms with Crippen LogP contribution in [0.4, 0.5) is 0 Å². The van der Waals surface area contributed by atoms with Crippen molar-refractivity contribution in [2.45, 2.75) is 19.9 Å². The van der Waals surface area contributed by atoms with Crippen molar-refractivity contribution < 1.29 is 9.90 Å². The fourth-order valence-corrected chi connectivity index (χ4v) is 1.76. The van der Waals surface area contributed by atoms with Crippen LogP contribution < -0.4 is 0 Å². The summed E-state index contributed by atoms with van der Waals surface area (Å²) in [4.78, 5) is 11.3. The van der Waals surface area contributed by atoms with Gasteiger partial charge in [-0.2, -0.15) is 10.4 Å². The molecule has 5 nitrogen and oxygen atoms in total. The summed E-state index contributed by atoms with van der Waals surface area (Å²) in [6.07, 6.45) is 1.52. The maximum absolute atomic E-state index is 11.3. The number of carboxylic acid groups (broad SMARTS) is 1. The van der Waals surface area contributed by atoms with Crippen LogP contribution in [0.25, 0.3) is 11.3 Å². The highest BCUT2D eigenvalue weighted by Gasteiger charge is 2.18. The Hall–Kier alpha value is -2.61. The van der Waals surface area contributed by atoms with E-state index in [2.05, 4.69) is 5.10 Å². The molecule has 2 aromatic rings. The topological polar surface area (TPSA) is 78.9 Å². The standard InChI is InChI=1S/C14H13N3O2/c1-9(2)17-8-12(14(18)19)13(16-17)11-5-3-4-10(6-11)7-15/h3-6,8-9H,1-2H3,(H,18,19). The van der Waals surface area contributed by atoms with Gasteiger partial charge in [0.05, 0.1) is 11.6 Å². The van der Waals surface area contributed by atoms with Crippen molar-refractivity contribution in [3.63, 3.8) is 0 Å². The van der Waals surface area contributed by atoms with Crippen molar-refractivity contribution in [2.24, 2.45) is 0 Å². The van der Waals surface area contributed by atoms with Crippen molar-refractivity contribution >= 4 is 5.97 Å². The summed E-state index contributed by atoms with van der Waals surface area (Å²) < 4.78 is 1.61. The minimum absolute atomic E-state index is 0.0750. The number of hydrogen-bond donors (Lipinski definition) is 1. The molecule has 0 saturated heterocycles. The second-order valence-corrected chi connectivity index (χ2v) is 4.46. The Kier molecular flexibility index (Phi) is 3.34. The summed E-state index contributed by atoms with van der Waals surface area (Å²) in [7, 11) is 0. The van der Waals surface area contributed by atoms with Crippen LogP contribution in [0.15, 0.2) is 30.5 Å². The highest BCUT2D eigenvalue weighted by atomic mass is 16.4. The monoisotopic (exact) mass is 255 g/mol. The Bertz CT molecular complexity index is 666. The third-order valence-corrected chi connectivity index (χ3v) is 2.76. The van der Waals surface area contributed by atoms with E-state index in [4.69, 9.17) is 5.26 Å². The van der Waals surface area contributed by atoms with Crippen LogP contribution in [0, 0.1) is 11.3 Å². The highest BCUT2D eigenvalue weighted by molar-refractivity contribution is 5.94. The molecule has 0 fully saturated rings. The molecule has 1 heterocycles. The Balaban J connectivity index is 2.60. The molecule has 19 heavy (non-hydrogen) atoms. The summed E-state index contributed by atoms with van der Waals surface area (Å²) in [6.45, 7) is 3.85. The average Bonchev–Trinajstić information content (AvgIpc) is 2.84. The molecule has 0 radical (unpaired) electrons. The van der Waals surface area contributed by atoms with Gasteiger partial charge in [-0.1, -0.05) is 12.1 Å². The Morgan fingerprint density at radius 2 is 2.21 bits per heavy atom. The minimum Gasteiger partial charge on any atom is -0.478 e. The molecule has 1 aromatic carbocycles. The molecule has 1 N–H and O–H groups in total. The Morgan fingerprint density at radius 3 is 2.79 bits per heavy atom. The number of rotatable bonds is 3. The van der Waals surface area contributed by atoms with Crippen LogP contribution >= 0.6 is 0 Å². The molecule has 96 valence electrons. The fourth-order valence-electron chi connectivity index (χ4n) is 1.76. The van der Waals surface area contributed by atoms with Gasteiger partial charge in [0.2, 0.25) is 0 Å². The van der Waals surface area contributed by atoms with E-state index >= 15 is 0 Å². The van der Waals surface area contributed by atoms with Crippen LogP contribution in [0.1, 0.15) is 35.8 Å². The van der Waals surface area contributed by atoms with Crippen molar-refractivity contribution in [2.75, 3.05) is 0 Å². The van der Waals surface area contributed by atoms with Crippen molar-refractivity contribution in [1.29, 1.82) is 5.26 Å². The third kappa shape index (κ3) is 2.47. The van der Waals surface area contributed by atoms with Crippen LogP contribution in [-0.2, 0) is 0 Å². The van der Waals surface area contributed by atoms with E-state index in [-0.39, 0.29) is 11.6 Å². The van der Waals surface area contributed by atoms with Gasteiger partial charge in [-0.25, -0.2) is 4.79 Å². The van der Waals surface area contributed by atoms with Gasteiger partial charge in [0.1, 0.15) is 11.3 Å². The molecule has 0 unspecified atom stereocenters. The van der Waals surface area contributed by atoms with Crippen molar-refractivity contribution in [1.82, 2.24) is 9.78 Å². The number of nitrogens with zero attached hydrogens (tertiary/aromatic N) is 3. The Labute approximate surface area is 110 Å². The molecule has 0 spiro atoms. The number of carboxylic acids is 1. The molecular weight excluding hydrogens is 242 g/mol. The van der Waals surface area contributed by atoms with E-state index in [1.807, 2.05) is 19.9 Å². The predicted molar refractivity (Wildman–Crippen MR) is 69.7 cm³/mol. The number of aromatic carboxylic acids is 1. The number of nitriles is 1. The van der Waals surface area contributed by atoms with E-state index in [9.17, 15) is 9.90 Å². The van der Waals surface area contributed by atoms with Gasteiger partial charge in [0.15, 0.2) is 0 Å². The molecule has 0 aliphatic carbocycles. The second kappa shape index (κ2) is 4.94. The number of hydrogen-bond acceptors (Lipinski definition) is 3. The molecule has 0 aliphatic rings. The maximum atomic E-state index is 11.3. The first-order valence-corrected chi connectivity index (χ1v) is 5.86. The predicted octanol–water partition coefficient (Wildman–Crippen LogP) is 2.70. The van der Waals surface area contributed by atoms with E-state index < -0.39 is 5.97 Å². The van der Waals surface area contributed by atoms with Crippen LogP contribution in [0.2, 0.25) is 0 Å². The first-order valence-electron chi connectivity index (χ1n) is 5.86. The minimum atomic E-state index is -1.02. The number of benzene rings is 1. The van der Waals surface area contributed by atoms with Gasteiger partial charge >= 0.3 is 5.97 Å². The summed E-state index contributed by atoms with van der Waals surface area (Å²) in [5.74, 6) is -1.02. The van der Waals surface area contributed by atoms with Gasteiger partial charge in [-0.05, 0) is 26.0 Å². The molecule has 0 aliphatic heterocycles. The molecular formula is C14H13N3O2. The van der Waals surface area contributed by atoms with Crippen LogP contribution in [-0.4, -0.2) is 20.9 Å². The average molecular weight is 255 g/mol. The van der Waals surface area contributed by atoms with E-state index in [1.54, 1.807) is 28.9 Å². The molecule has 0 bridgehead atoms. The van der Waals surface area contributed by atoms with Gasteiger partial charge in [0.25, 0.3) is 0 Å². The first-order chi connectivity index (χ1) is 9.02. The van der Waals surface area contributed by atoms with E-state index in [0.717, 1.165) is 0 Å². The SMILES string of the molecule is CC(C)n1cc(C(=O)O)c(-c2cccc(C#N)c2)n1. The lowest BCUT2D eigenvalue weighted by atomic mass is 10.1. The van der Waals surface area contributed by atoms with Crippen LogP contribution in [0.5, 0.6) is 0 Å². The summed E-state index contributed by atoms with van der Waals surface area (Å²) >= 11 is 0. The molecule has 0 saturated carbocycles. The fraction of sp³-hybridized carbons (Fsp3) is 0.214. The third-order valence-electron chi connectivity index (χ3n) is 2.76. The zero-order chi connectivity index (χ0) is 14.0. The summed E-state index contributed by atoms with van der Waals surface area (Å²) in [6, 6.07) is 8.88. The van der Waals surface area contributed by atoms with E-state index in [0.29, 0.717) is 16.8 Å². The van der Waals surface area contributed by atoms with Gasteiger partial charge < -0.3 is 5.11 Å². The number of aromatic nitrogens is 2. The molecule has 5 heteroatoms. The molecule has 0 atom stereocenters. The normalized spacial score (nSPS) is 10.4. The largest absolute Gasteiger partial charge is 0.478 e. The molecule has 2 rings (SSSR count). The lowest BCUT2D eigenvalue weighted by Crippen LogP contribution is -2.00. The lowest BCUT2D eigenvalue weighted by Gasteiger charge is -2.03. The lowest BCUT2D eigenvalue weighted by molar-refractivity contribution is 0.0697.